The highest BCUT2D eigenvalue weighted by molar-refractivity contribution is 7.87. The van der Waals surface area contributed by atoms with Gasteiger partial charge in [0, 0.05) is 6.42 Å². The van der Waals surface area contributed by atoms with Gasteiger partial charge in [-0.05, 0) is 157 Å². The number of alkyl halides is 3. The first kappa shape index (κ1) is 40.8. The van der Waals surface area contributed by atoms with Crippen molar-refractivity contribution in [3.05, 3.63) is 23.4 Å². The molecule has 2 unspecified atom stereocenters. The van der Waals surface area contributed by atoms with E-state index in [4.69, 9.17) is 9.31 Å². The number of allylic oxidation sites excluding steroid dienone is 4. The predicted molar refractivity (Wildman–Crippen MR) is 193 cm³/mol. The summed E-state index contributed by atoms with van der Waals surface area (Å²) in [6, 6.07) is 0. The molecule has 1 saturated heterocycles. The van der Waals surface area contributed by atoms with E-state index in [0.29, 0.717) is 24.7 Å². The molecular weight excluding hydrogens is 648 g/mol. The van der Waals surface area contributed by atoms with Crippen molar-refractivity contribution >= 4 is 17.2 Å². The van der Waals surface area contributed by atoms with E-state index in [2.05, 4.69) is 65.6 Å². The molecule has 5 rings (SSSR count). The molecule has 0 aromatic carbocycles. The zero-order valence-electron chi connectivity index (χ0n) is 31.7. The quantitative estimate of drug-likeness (QED) is 0.135. The summed E-state index contributed by atoms with van der Waals surface area (Å²) in [4.78, 5) is 0. The maximum Gasteiger partial charge on any atom is 0.534 e. The molecule has 0 spiro atoms. The van der Waals surface area contributed by atoms with Crippen molar-refractivity contribution in [2.45, 2.75) is 175 Å². The highest BCUT2D eigenvalue weighted by Crippen LogP contribution is 2.45. The average molecular weight is 715 g/mol. The molecule has 0 aromatic rings. The van der Waals surface area contributed by atoms with Gasteiger partial charge in [0.05, 0.1) is 11.2 Å². The Balaban J connectivity index is 0.000000221. The lowest BCUT2D eigenvalue weighted by atomic mass is 9.65. The van der Waals surface area contributed by atoms with Crippen LogP contribution >= 0.6 is 0 Å². The molecule has 10 heteroatoms. The van der Waals surface area contributed by atoms with Crippen molar-refractivity contribution in [2.24, 2.45) is 47.3 Å². The second-order valence-electron chi connectivity index (χ2n) is 17.9. The van der Waals surface area contributed by atoms with Gasteiger partial charge in [0.15, 0.2) is 0 Å². The summed E-state index contributed by atoms with van der Waals surface area (Å²) in [5.41, 5.74) is -4.41. The molecule has 282 valence electrons. The molecule has 0 N–H and O–H groups in total. The minimum Gasteiger partial charge on any atom is -0.400 e. The third-order valence-corrected chi connectivity index (χ3v) is 13.7. The van der Waals surface area contributed by atoms with Crippen LogP contribution in [-0.2, 0) is 23.6 Å². The van der Waals surface area contributed by atoms with E-state index in [-0.39, 0.29) is 30.5 Å². The standard InChI is InChI=1S/C22H39BO2.C17H27F3O3S/c1-16(2)15-17-7-9-18(10-8-17)19-11-13-20(14-12-19)23-24-21(3,4)22(5,6)25-23;1-12(2)11-13-3-5-14(6-4-13)15-7-9-16(10-8-15)23-24(21,22)17(18,19)20/h13,16-19H,7-12,14-15H2,1-6H3;9,12-15H,3-8,10-11H2,1-2H3. The third kappa shape index (κ3) is 11.2. The molecule has 0 amide bonds. The van der Waals surface area contributed by atoms with E-state index in [1.54, 1.807) is 0 Å². The fourth-order valence-corrected chi connectivity index (χ4v) is 9.69. The Morgan fingerprint density at radius 3 is 1.49 bits per heavy atom. The van der Waals surface area contributed by atoms with Crippen LogP contribution in [0.25, 0.3) is 0 Å². The zero-order valence-corrected chi connectivity index (χ0v) is 32.6. The van der Waals surface area contributed by atoms with Gasteiger partial charge >= 0.3 is 22.7 Å². The van der Waals surface area contributed by atoms with Crippen LogP contribution in [0, 0.1) is 47.3 Å². The smallest absolute Gasteiger partial charge is 0.400 e. The van der Waals surface area contributed by atoms with Crippen LogP contribution in [0.1, 0.15) is 158 Å². The fourth-order valence-electron chi connectivity index (χ4n) is 9.16. The Bertz CT molecular complexity index is 1210. The molecule has 0 radical (unpaired) electrons. The Morgan fingerprint density at radius 1 is 0.714 bits per heavy atom. The second kappa shape index (κ2) is 16.8. The van der Waals surface area contributed by atoms with E-state index < -0.39 is 15.6 Å². The van der Waals surface area contributed by atoms with Crippen molar-refractivity contribution in [3.8, 4) is 0 Å². The van der Waals surface area contributed by atoms with Crippen molar-refractivity contribution in [1.29, 1.82) is 0 Å². The minimum absolute atomic E-state index is 0.0583. The van der Waals surface area contributed by atoms with Gasteiger partial charge in [0.1, 0.15) is 5.76 Å². The summed E-state index contributed by atoms with van der Waals surface area (Å²) < 4.78 is 75.8. The largest absolute Gasteiger partial charge is 0.534 e. The normalized spacial score (nSPS) is 32.3. The Kier molecular flexibility index (Phi) is 14.0. The molecule has 4 aliphatic carbocycles. The molecule has 2 atom stereocenters. The van der Waals surface area contributed by atoms with Gasteiger partial charge in [-0.3, -0.25) is 0 Å². The van der Waals surface area contributed by atoms with Crippen LogP contribution in [0.4, 0.5) is 13.2 Å². The Morgan fingerprint density at radius 2 is 1.14 bits per heavy atom. The average Bonchev–Trinajstić information content (AvgIpc) is 3.23. The van der Waals surface area contributed by atoms with Crippen molar-refractivity contribution < 1.29 is 35.1 Å². The first-order chi connectivity index (χ1) is 22.8. The Labute approximate surface area is 297 Å². The molecule has 0 aromatic heterocycles. The SMILES string of the molecule is CC(C)CC1CCC(C2CC=C(B3OC(C)(C)C(C)(C)O3)CC2)CC1.CC(C)CC1CCC(C2CC=C(OS(=O)(=O)C(F)(F)F)CC2)CC1. The van der Waals surface area contributed by atoms with E-state index in [0.717, 1.165) is 41.9 Å². The highest BCUT2D eigenvalue weighted by atomic mass is 32.2. The molecule has 49 heavy (non-hydrogen) atoms. The maximum absolute atomic E-state index is 12.3. The summed E-state index contributed by atoms with van der Waals surface area (Å²) in [6.07, 6.45) is 22.7. The second-order valence-corrected chi connectivity index (χ2v) is 19.4. The summed E-state index contributed by atoms with van der Waals surface area (Å²) in [7, 11) is -5.64. The van der Waals surface area contributed by atoms with Gasteiger partial charge in [-0.15, -0.1) is 0 Å². The van der Waals surface area contributed by atoms with E-state index in [9.17, 15) is 21.6 Å². The molecule has 5 nitrogen and oxygen atoms in total. The Hall–Kier alpha value is -0.995. The lowest BCUT2D eigenvalue weighted by molar-refractivity contribution is -0.0525. The van der Waals surface area contributed by atoms with Crippen LogP contribution in [-0.4, -0.2) is 32.2 Å². The van der Waals surface area contributed by atoms with E-state index >= 15 is 0 Å². The number of hydrogen-bond acceptors (Lipinski definition) is 5. The van der Waals surface area contributed by atoms with E-state index in [1.807, 2.05) is 0 Å². The van der Waals surface area contributed by atoms with Crippen LogP contribution in [0.5, 0.6) is 0 Å². The molecular formula is C39H66BF3O5S. The van der Waals surface area contributed by atoms with Crippen molar-refractivity contribution in [2.75, 3.05) is 0 Å². The lowest BCUT2D eigenvalue weighted by Gasteiger charge is -2.36. The third-order valence-electron chi connectivity index (χ3n) is 12.7. The summed E-state index contributed by atoms with van der Waals surface area (Å²) in [5, 5.41) is 0. The van der Waals surface area contributed by atoms with Crippen LogP contribution in [0.3, 0.4) is 0 Å². The predicted octanol–water partition coefficient (Wildman–Crippen LogP) is 11.6. The van der Waals surface area contributed by atoms with E-state index in [1.165, 1.54) is 88.6 Å². The first-order valence-corrected chi connectivity index (χ1v) is 20.9. The zero-order chi connectivity index (χ0) is 36.2. The van der Waals surface area contributed by atoms with Crippen LogP contribution in [0.2, 0.25) is 0 Å². The fraction of sp³-hybridized carbons (Fsp3) is 0.897. The first-order valence-electron chi connectivity index (χ1n) is 19.5. The highest BCUT2D eigenvalue weighted by Gasteiger charge is 2.52. The number of halogens is 3. The van der Waals surface area contributed by atoms with Gasteiger partial charge < -0.3 is 13.5 Å². The van der Waals surface area contributed by atoms with Gasteiger partial charge in [0.25, 0.3) is 0 Å². The monoisotopic (exact) mass is 714 g/mol. The van der Waals surface area contributed by atoms with Gasteiger partial charge in [-0.2, -0.15) is 21.6 Å². The van der Waals surface area contributed by atoms with Crippen LogP contribution in [0.15, 0.2) is 23.4 Å². The van der Waals surface area contributed by atoms with Crippen molar-refractivity contribution in [1.82, 2.24) is 0 Å². The number of hydrogen-bond donors (Lipinski definition) is 0. The number of rotatable bonds is 9. The molecule has 0 bridgehead atoms. The van der Waals surface area contributed by atoms with Gasteiger partial charge in [-0.25, -0.2) is 0 Å². The van der Waals surface area contributed by atoms with Gasteiger partial charge in [0.2, 0.25) is 0 Å². The molecule has 3 fully saturated rings. The molecule has 1 heterocycles. The summed E-state index contributed by atoms with van der Waals surface area (Å²) >= 11 is 0. The van der Waals surface area contributed by atoms with Gasteiger partial charge in [-0.1, -0.05) is 59.5 Å². The molecule has 1 aliphatic heterocycles. The van der Waals surface area contributed by atoms with Crippen LogP contribution < -0.4 is 0 Å². The summed E-state index contributed by atoms with van der Waals surface area (Å²) in [5.74, 6) is 6.21. The minimum atomic E-state index is -5.53. The molecule has 2 saturated carbocycles. The topological polar surface area (TPSA) is 61.8 Å². The lowest BCUT2D eigenvalue weighted by Crippen LogP contribution is -2.41. The summed E-state index contributed by atoms with van der Waals surface area (Å²) in [6.45, 7) is 17.8. The maximum atomic E-state index is 12.3. The van der Waals surface area contributed by atoms with Crippen molar-refractivity contribution in [3.63, 3.8) is 0 Å². The molecule has 5 aliphatic rings.